The van der Waals surface area contributed by atoms with Gasteiger partial charge in [-0.25, -0.2) is 0 Å². The van der Waals surface area contributed by atoms with Gasteiger partial charge in [-0.1, -0.05) is 34.6 Å². The van der Waals surface area contributed by atoms with E-state index in [4.69, 9.17) is 4.74 Å². The van der Waals surface area contributed by atoms with Gasteiger partial charge in [0.25, 0.3) is 0 Å². The van der Waals surface area contributed by atoms with Crippen molar-refractivity contribution in [2.24, 2.45) is 45.3 Å². The van der Waals surface area contributed by atoms with E-state index < -0.39 is 0 Å². The molecule has 5 fully saturated rings. The van der Waals surface area contributed by atoms with Crippen LogP contribution >= 0.6 is 0 Å². The van der Waals surface area contributed by atoms with Crippen LogP contribution in [0.3, 0.4) is 0 Å². The predicted molar refractivity (Wildman–Crippen MR) is 134 cm³/mol. The lowest BCUT2D eigenvalue weighted by Crippen LogP contribution is -2.66. The summed E-state index contributed by atoms with van der Waals surface area (Å²) in [6.45, 7) is 19.2. The van der Waals surface area contributed by atoms with Crippen molar-refractivity contribution in [2.45, 2.75) is 143 Å². The first-order valence-electron chi connectivity index (χ1n) is 14.2. The van der Waals surface area contributed by atoms with Gasteiger partial charge in [-0.15, -0.1) is 0 Å². The van der Waals surface area contributed by atoms with Crippen LogP contribution in [0.25, 0.3) is 0 Å². The molecule has 1 aliphatic heterocycles. The van der Waals surface area contributed by atoms with Crippen molar-refractivity contribution in [1.29, 1.82) is 0 Å². The van der Waals surface area contributed by atoms with Crippen molar-refractivity contribution < 1.29 is 14.9 Å². The summed E-state index contributed by atoms with van der Waals surface area (Å²) in [4.78, 5) is 0. The van der Waals surface area contributed by atoms with E-state index in [-0.39, 0.29) is 45.1 Å². The zero-order chi connectivity index (χ0) is 24.2. The normalized spacial score (nSPS) is 57.6. The van der Waals surface area contributed by atoms with Crippen molar-refractivity contribution in [1.82, 2.24) is 0 Å². The fourth-order valence-corrected chi connectivity index (χ4v) is 11.3. The van der Waals surface area contributed by atoms with Crippen LogP contribution in [0.15, 0.2) is 0 Å². The van der Waals surface area contributed by atoms with Gasteiger partial charge in [0, 0.05) is 0 Å². The minimum Gasteiger partial charge on any atom is -0.393 e. The zero-order valence-electron chi connectivity index (χ0n) is 22.8. The maximum absolute atomic E-state index is 11.9. The molecule has 33 heavy (non-hydrogen) atoms. The summed E-state index contributed by atoms with van der Waals surface area (Å²) in [6.07, 6.45) is 10.9. The lowest BCUT2D eigenvalue weighted by atomic mass is 9.35. The minimum absolute atomic E-state index is 0.0375. The third-order valence-corrected chi connectivity index (χ3v) is 13.1. The molecule has 0 aromatic rings. The van der Waals surface area contributed by atoms with Gasteiger partial charge in [-0.3, -0.25) is 0 Å². The van der Waals surface area contributed by atoms with Gasteiger partial charge in [-0.2, -0.15) is 0 Å². The summed E-state index contributed by atoms with van der Waals surface area (Å²) >= 11 is 0. The second kappa shape index (κ2) is 7.22. The largest absolute Gasteiger partial charge is 0.393 e. The second-order valence-electron chi connectivity index (χ2n) is 15.4. The Hall–Kier alpha value is -0.120. The molecule has 5 aliphatic rings. The van der Waals surface area contributed by atoms with E-state index in [1.165, 1.54) is 32.1 Å². The zero-order valence-corrected chi connectivity index (χ0v) is 22.8. The maximum atomic E-state index is 11.9. The molecule has 10 atom stereocenters. The predicted octanol–water partition coefficient (Wildman–Crippen LogP) is 6.74. The lowest BCUT2D eigenvalue weighted by molar-refractivity contribution is -0.257. The van der Waals surface area contributed by atoms with Gasteiger partial charge in [0.1, 0.15) is 0 Å². The summed E-state index contributed by atoms with van der Waals surface area (Å²) in [7, 11) is 0. The topological polar surface area (TPSA) is 49.7 Å². The number of hydrogen-bond donors (Lipinski definition) is 2. The smallest absolute Gasteiger partial charge is 0.0693 e. The summed E-state index contributed by atoms with van der Waals surface area (Å²) in [6, 6.07) is 0. The second-order valence-corrected chi connectivity index (χ2v) is 15.4. The first kappa shape index (κ1) is 24.6. The third-order valence-electron chi connectivity index (χ3n) is 13.1. The first-order chi connectivity index (χ1) is 15.1. The Morgan fingerprint density at radius 2 is 1.36 bits per heavy atom. The van der Waals surface area contributed by atoms with Crippen molar-refractivity contribution >= 4 is 0 Å². The minimum atomic E-state index is -0.239. The number of aliphatic hydroxyl groups excluding tert-OH is 2. The molecule has 190 valence electrons. The third kappa shape index (κ3) is 3.16. The van der Waals surface area contributed by atoms with E-state index in [9.17, 15) is 10.2 Å². The van der Waals surface area contributed by atoms with E-state index in [0.717, 1.165) is 32.1 Å². The van der Waals surface area contributed by atoms with E-state index in [2.05, 4.69) is 55.4 Å². The average Bonchev–Trinajstić information content (AvgIpc) is 3.07. The van der Waals surface area contributed by atoms with Crippen molar-refractivity contribution in [3.05, 3.63) is 0 Å². The summed E-state index contributed by atoms with van der Waals surface area (Å²) in [5.41, 5.74) is 0.392. The monoisotopic (exact) mass is 460 g/mol. The Balaban J connectivity index is 1.51. The van der Waals surface area contributed by atoms with Crippen LogP contribution in [0.4, 0.5) is 0 Å². The van der Waals surface area contributed by atoms with Gasteiger partial charge < -0.3 is 14.9 Å². The Morgan fingerprint density at radius 1 is 0.697 bits per heavy atom. The highest BCUT2D eigenvalue weighted by atomic mass is 16.5. The van der Waals surface area contributed by atoms with Crippen molar-refractivity contribution in [3.63, 3.8) is 0 Å². The van der Waals surface area contributed by atoms with E-state index in [0.29, 0.717) is 23.7 Å². The molecule has 0 aromatic carbocycles. The van der Waals surface area contributed by atoms with Crippen LogP contribution in [0, 0.1) is 45.3 Å². The standard InChI is InChI=1S/C30H52O3/c1-25(2)13-9-14-30(8,33-25)19-10-16-29(7)24(19)20(31)18-22-27(5)15-12-23(32)26(3,4)21(27)11-17-28(22,29)6/h19-24,31-32H,9-18H2,1-8H3/t19-,20-,21+,22-,23+,24+,27-,28+,29-,30-/m1/s1. The molecule has 4 aliphatic carbocycles. The number of aliphatic hydroxyl groups is 2. The molecule has 0 bridgehead atoms. The van der Waals surface area contributed by atoms with Crippen LogP contribution < -0.4 is 0 Å². The van der Waals surface area contributed by atoms with Gasteiger partial charge in [0.05, 0.1) is 23.4 Å². The van der Waals surface area contributed by atoms with Gasteiger partial charge >= 0.3 is 0 Å². The molecular formula is C30H52O3. The highest BCUT2D eigenvalue weighted by Crippen LogP contribution is 2.76. The summed E-state index contributed by atoms with van der Waals surface area (Å²) in [5, 5.41) is 22.8. The highest BCUT2D eigenvalue weighted by molar-refractivity contribution is 5.20. The van der Waals surface area contributed by atoms with E-state index in [1.807, 2.05) is 0 Å². The van der Waals surface area contributed by atoms with Crippen molar-refractivity contribution in [3.8, 4) is 0 Å². The number of rotatable bonds is 1. The van der Waals surface area contributed by atoms with Crippen LogP contribution in [0.1, 0.15) is 120 Å². The van der Waals surface area contributed by atoms with E-state index in [1.54, 1.807) is 0 Å². The molecule has 2 N–H and O–H groups in total. The number of ether oxygens (including phenoxy) is 1. The van der Waals surface area contributed by atoms with Gasteiger partial charge in [0.15, 0.2) is 0 Å². The highest BCUT2D eigenvalue weighted by Gasteiger charge is 2.71. The quantitative estimate of drug-likeness (QED) is 0.455. The number of fused-ring (bicyclic) bond motifs is 5. The Bertz CT molecular complexity index is 789. The van der Waals surface area contributed by atoms with Crippen LogP contribution in [-0.2, 0) is 4.74 Å². The SMILES string of the molecule is CC1(C)CCC[C@](C)([C@@H]2CC[C@]3(C)[C@@H]2[C@H](O)C[C@@H]2[C@]4(C)CC[C@H](O)C(C)(C)[C@@H]4CC[C@@]23C)O1. The molecule has 3 heteroatoms. The van der Waals surface area contributed by atoms with Crippen molar-refractivity contribution in [2.75, 3.05) is 0 Å². The molecule has 1 heterocycles. The molecule has 0 unspecified atom stereocenters. The maximum Gasteiger partial charge on any atom is 0.0693 e. The average molecular weight is 461 g/mol. The van der Waals surface area contributed by atoms with Crippen LogP contribution in [0.5, 0.6) is 0 Å². The number of hydrogen-bond acceptors (Lipinski definition) is 3. The molecule has 3 nitrogen and oxygen atoms in total. The molecular weight excluding hydrogens is 408 g/mol. The van der Waals surface area contributed by atoms with Gasteiger partial charge in [-0.05, 0) is 130 Å². The Morgan fingerprint density at radius 3 is 2.03 bits per heavy atom. The molecule has 1 saturated heterocycles. The molecule has 4 saturated carbocycles. The molecule has 0 aromatic heterocycles. The lowest BCUT2D eigenvalue weighted by Gasteiger charge is -2.70. The first-order valence-corrected chi connectivity index (χ1v) is 14.2. The van der Waals surface area contributed by atoms with Crippen LogP contribution in [0.2, 0.25) is 0 Å². The molecule has 0 spiro atoms. The Labute approximate surface area is 203 Å². The fraction of sp³-hybridized carbons (Fsp3) is 1.00. The molecule has 0 radical (unpaired) electrons. The summed E-state index contributed by atoms with van der Waals surface area (Å²) in [5.74, 6) is 1.85. The molecule has 5 rings (SSSR count). The summed E-state index contributed by atoms with van der Waals surface area (Å²) < 4.78 is 6.86. The van der Waals surface area contributed by atoms with Gasteiger partial charge in [0.2, 0.25) is 0 Å². The van der Waals surface area contributed by atoms with E-state index >= 15 is 0 Å². The van der Waals surface area contributed by atoms with Crippen LogP contribution in [-0.4, -0.2) is 33.6 Å². The molecule has 0 amide bonds. The Kier molecular flexibility index (Phi) is 5.38. The fourth-order valence-electron chi connectivity index (χ4n) is 11.3.